The van der Waals surface area contributed by atoms with Gasteiger partial charge in [0.25, 0.3) is 0 Å². The lowest BCUT2D eigenvalue weighted by Gasteiger charge is -2.06. The second-order valence-electron chi connectivity index (χ2n) is 3.43. The highest BCUT2D eigenvalue weighted by Crippen LogP contribution is 2.17. The molecular formula is C12H14. The van der Waals surface area contributed by atoms with Gasteiger partial charge in [0.2, 0.25) is 0 Å². The predicted octanol–water partition coefficient (Wildman–Crippen LogP) is 3.10. The van der Waals surface area contributed by atoms with Crippen LogP contribution in [-0.4, -0.2) is 0 Å². The Kier molecular flexibility index (Phi) is 2.55. The average Bonchev–Trinajstić information content (AvgIpc) is 2.03. The lowest BCUT2D eigenvalue weighted by molar-refractivity contribution is 0.864. The summed E-state index contributed by atoms with van der Waals surface area (Å²) >= 11 is 0. The van der Waals surface area contributed by atoms with E-state index in [0.29, 0.717) is 5.92 Å². The van der Waals surface area contributed by atoms with Crippen LogP contribution in [0.15, 0.2) is 18.2 Å². The standard InChI is InChI=1S/C12H14/c1-5-11-6-10(4)7-12(8-11)9(2)3/h1,6-9H,2-4H3. The summed E-state index contributed by atoms with van der Waals surface area (Å²) in [5.41, 5.74) is 3.55. The van der Waals surface area contributed by atoms with Crippen LogP contribution in [0.2, 0.25) is 0 Å². The highest BCUT2D eigenvalue weighted by molar-refractivity contribution is 5.39. The van der Waals surface area contributed by atoms with Gasteiger partial charge in [0.1, 0.15) is 0 Å². The largest absolute Gasteiger partial charge is 0.115 e. The zero-order chi connectivity index (χ0) is 9.14. The molecule has 0 saturated heterocycles. The number of aryl methyl sites for hydroxylation is 1. The lowest BCUT2D eigenvalue weighted by Crippen LogP contribution is -1.89. The fourth-order valence-corrected chi connectivity index (χ4v) is 1.23. The first-order valence-electron chi connectivity index (χ1n) is 4.21. The molecule has 1 aromatic carbocycles. The fourth-order valence-electron chi connectivity index (χ4n) is 1.23. The van der Waals surface area contributed by atoms with Gasteiger partial charge in [-0.3, -0.25) is 0 Å². The van der Waals surface area contributed by atoms with Crippen molar-refractivity contribution in [2.45, 2.75) is 26.7 Å². The Bertz CT molecular complexity index is 313. The topological polar surface area (TPSA) is 0 Å². The van der Waals surface area contributed by atoms with E-state index < -0.39 is 0 Å². The van der Waals surface area contributed by atoms with Gasteiger partial charge < -0.3 is 0 Å². The molecule has 0 heteroatoms. The van der Waals surface area contributed by atoms with Gasteiger partial charge >= 0.3 is 0 Å². The number of hydrogen-bond acceptors (Lipinski definition) is 0. The molecule has 0 unspecified atom stereocenters. The van der Waals surface area contributed by atoms with Gasteiger partial charge in [-0.2, -0.15) is 0 Å². The van der Waals surface area contributed by atoms with Crippen molar-refractivity contribution in [2.75, 3.05) is 0 Å². The van der Waals surface area contributed by atoms with E-state index in [1.54, 1.807) is 0 Å². The van der Waals surface area contributed by atoms with Gasteiger partial charge in [-0.05, 0) is 36.1 Å². The van der Waals surface area contributed by atoms with Gasteiger partial charge in [0.05, 0.1) is 0 Å². The van der Waals surface area contributed by atoms with Crippen molar-refractivity contribution >= 4 is 0 Å². The monoisotopic (exact) mass is 158 g/mol. The normalized spacial score (nSPS) is 9.92. The fraction of sp³-hybridized carbons (Fsp3) is 0.333. The molecule has 0 heterocycles. The van der Waals surface area contributed by atoms with E-state index in [1.165, 1.54) is 11.1 Å². The van der Waals surface area contributed by atoms with Crippen LogP contribution < -0.4 is 0 Å². The Morgan fingerprint density at radius 3 is 2.42 bits per heavy atom. The highest BCUT2D eigenvalue weighted by Gasteiger charge is 2.00. The molecule has 0 radical (unpaired) electrons. The summed E-state index contributed by atoms with van der Waals surface area (Å²) in [5.74, 6) is 3.22. The summed E-state index contributed by atoms with van der Waals surface area (Å²) in [6.07, 6.45) is 5.34. The number of hydrogen-bond donors (Lipinski definition) is 0. The zero-order valence-corrected chi connectivity index (χ0v) is 7.89. The molecule has 0 aliphatic heterocycles. The zero-order valence-electron chi connectivity index (χ0n) is 7.89. The predicted molar refractivity (Wildman–Crippen MR) is 53.2 cm³/mol. The Labute approximate surface area is 74.6 Å². The third-order valence-electron chi connectivity index (χ3n) is 1.93. The van der Waals surface area contributed by atoms with E-state index in [1.807, 2.05) is 6.07 Å². The van der Waals surface area contributed by atoms with E-state index in [0.717, 1.165) is 5.56 Å². The quantitative estimate of drug-likeness (QED) is 0.551. The average molecular weight is 158 g/mol. The summed E-state index contributed by atoms with van der Waals surface area (Å²) in [6.45, 7) is 6.43. The molecule has 0 aliphatic rings. The summed E-state index contributed by atoms with van der Waals surface area (Å²) < 4.78 is 0. The lowest BCUT2D eigenvalue weighted by atomic mass is 9.98. The Morgan fingerprint density at radius 2 is 1.92 bits per heavy atom. The Balaban J connectivity index is 3.17. The number of benzene rings is 1. The third-order valence-corrected chi connectivity index (χ3v) is 1.93. The minimum atomic E-state index is 0.553. The first-order chi connectivity index (χ1) is 5.63. The van der Waals surface area contributed by atoms with E-state index in [2.05, 4.69) is 38.8 Å². The maximum absolute atomic E-state index is 5.34. The molecular weight excluding hydrogens is 144 g/mol. The molecule has 0 aromatic heterocycles. The van der Waals surface area contributed by atoms with Gasteiger partial charge in [0.15, 0.2) is 0 Å². The van der Waals surface area contributed by atoms with Gasteiger partial charge in [-0.1, -0.05) is 25.8 Å². The molecule has 0 bridgehead atoms. The van der Waals surface area contributed by atoms with Crippen molar-refractivity contribution in [3.05, 3.63) is 34.9 Å². The first kappa shape index (κ1) is 8.87. The highest BCUT2D eigenvalue weighted by atomic mass is 14.0. The van der Waals surface area contributed by atoms with Crippen LogP contribution in [0.4, 0.5) is 0 Å². The molecule has 0 N–H and O–H groups in total. The van der Waals surface area contributed by atoms with Crippen LogP contribution >= 0.6 is 0 Å². The van der Waals surface area contributed by atoms with Crippen LogP contribution in [0.1, 0.15) is 36.5 Å². The number of terminal acetylenes is 1. The molecule has 0 atom stereocenters. The SMILES string of the molecule is C#Cc1cc(C)cc(C(C)C)c1. The minimum absolute atomic E-state index is 0.553. The van der Waals surface area contributed by atoms with Crippen molar-refractivity contribution in [1.29, 1.82) is 0 Å². The van der Waals surface area contributed by atoms with Crippen LogP contribution in [0.3, 0.4) is 0 Å². The number of rotatable bonds is 1. The molecule has 1 rings (SSSR count). The molecule has 1 aromatic rings. The molecule has 0 amide bonds. The third kappa shape index (κ3) is 1.89. The molecule has 0 nitrogen and oxygen atoms in total. The Morgan fingerprint density at radius 1 is 1.25 bits per heavy atom. The molecule has 0 saturated carbocycles. The van der Waals surface area contributed by atoms with Crippen molar-refractivity contribution in [3.8, 4) is 12.3 Å². The van der Waals surface area contributed by atoms with Crippen molar-refractivity contribution in [2.24, 2.45) is 0 Å². The van der Waals surface area contributed by atoms with Crippen LogP contribution in [0.25, 0.3) is 0 Å². The maximum Gasteiger partial charge on any atom is 0.0248 e. The van der Waals surface area contributed by atoms with E-state index >= 15 is 0 Å². The minimum Gasteiger partial charge on any atom is -0.115 e. The summed E-state index contributed by atoms with van der Waals surface area (Å²) in [4.78, 5) is 0. The summed E-state index contributed by atoms with van der Waals surface area (Å²) in [7, 11) is 0. The van der Waals surface area contributed by atoms with E-state index in [-0.39, 0.29) is 0 Å². The van der Waals surface area contributed by atoms with Crippen LogP contribution in [0.5, 0.6) is 0 Å². The van der Waals surface area contributed by atoms with Gasteiger partial charge in [-0.15, -0.1) is 6.42 Å². The summed E-state index contributed by atoms with van der Waals surface area (Å²) in [5, 5.41) is 0. The van der Waals surface area contributed by atoms with Crippen molar-refractivity contribution in [3.63, 3.8) is 0 Å². The molecule has 0 fully saturated rings. The van der Waals surface area contributed by atoms with Crippen LogP contribution in [-0.2, 0) is 0 Å². The first-order valence-corrected chi connectivity index (χ1v) is 4.21. The molecule has 0 spiro atoms. The van der Waals surface area contributed by atoms with Gasteiger partial charge in [-0.25, -0.2) is 0 Å². The van der Waals surface area contributed by atoms with Gasteiger partial charge in [0, 0.05) is 5.56 Å². The van der Waals surface area contributed by atoms with E-state index in [9.17, 15) is 0 Å². The van der Waals surface area contributed by atoms with E-state index in [4.69, 9.17) is 6.42 Å². The summed E-state index contributed by atoms with van der Waals surface area (Å²) in [6, 6.07) is 6.30. The van der Waals surface area contributed by atoms with Crippen molar-refractivity contribution < 1.29 is 0 Å². The van der Waals surface area contributed by atoms with Crippen molar-refractivity contribution in [1.82, 2.24) is 0 Å². The second kappa shape index (κ2) is 3.45. The Hall–Kier alpha value is -1.22. The molecule has 0 aliphatic carbocycles. The molecule has 62 valence electrons. The molecule has 12 heavy (non-hydrogen) atoms. The smallest absolute Gasteiger partial charge is 0.0248 e. The second-order valence-corrected chi connectivity index (χ2v) is 3.43. The maximum atomic E-state index is 5.34. The van der Waals surface area contributed by atoms with Crippen LogP contribution in [0, 0.1) is 19.3 Å².